The minimum absolute atomic E-state index is 0.0777. The molecule has 0 amide bonds. The molecular formula is C14H18N6O2S. The second kappa shape index (κ2) is 5.57. The Hall–Kier alpha value is -2.00. The van der Waals surface area contributed by atoms with Gasteiger partial charge in [0.25, 0.3) is 0 Å². The summed E-state index contributed by atoms with van der Waals surface area (Å²) in [5, 5.41) is 4.13. The van der Waals surface area contributed by atoms with Crippen LogP contribution in [0.5, 0.6) is 0 Å². The van der Waals surface area contributed by atoms with Gasteiger partial charge in [0.05, 0.1) is 23.5 Å². The highest BCUT2D eigenvalue weighted by Crippen LogP contribution is 2.28. The number of hydrogen-bond donors (Lipinski definition) is 1. The molecule has 1 fully saturated rings. The second-order valence-electron chi connectivity index (χ2n) is 5.94. The number of nitrogens with zero attached hydrogens (tertiary/aromatic N) is 5. The van der Waals surface area contributed by atoms with Crippen molar-refractivity contribution in [2.24, 2.45) is 0 Å². The van der Waals surface area contributed by atoms with Gasteiger partial charge < -0.3 is 4.90 Å². The summed E-state index contributed by atoms with van der Waals surface area (Å²) in [6.45, 7) is 1.61. The van der Waals surface area contributed by atoms with Gasteiger partial charge >= 0.3 is 0 Å². The number of hydrogen-bond acceptors (Lipinski definition) is 6. The first-order chi connectivity index (χ1) is 11.1. The van der Waals surface area contributed by atoms with E-state index in [-0.39, 0.29) is 11.3 Å². The van der Waals surface area contributed by atoms with Crippen molar-refractivity contribution in [3.8, 4) is 0 Å². The van der Waals surface area contributed by atoms with Crippen LogP contribution in [0.1, 0.15) is 24.6 Å². The maximum atomic E-state index is 12.1. The number of nitrogens with one attached hydrogen (secondary N) is 1. The highest BCUT2D eigenvalue weighted by atomic mass is 32.2. The molecule has 9 heteroatoms. The van der Waals surface area contributed by atoms with Crippen LogP contribution in [-0.2, 0) is 16.6 Å². The van der Waals surface area contributed by atoms with E-state index in [1.807, 2.05) is 15.6 Å². The van der Waals surface area contributed by atoms with Crippen LogP contribution in [0.25, 0.3) is 0 Å². The van der Waals surface area contributed by atoms with Gasteiger partial charge in [-0.15, -0.1) is 0 Å². The van der Waals surface area contributed by atoms with E-state index in [9.17, 15) is 8.42 Å². The molecule has 1 aliphatic heterocycles. The summed E-state index contributed by atoms with van der Waals surface area (Å²) in [5.74, 6) is 0.648. The Morgan fingerprint density at radius 2 is 2.00 bits per heavy atom. The fraction of sp³-hybridized carbons (Fsp3) is 0.500. The van der Waals surface area contributed by atoms with Crippen LogP contribution in [0, 0.1) is 0 Å². The molecular weight excluding hydrogens is 316 g/mol. The quantitative estimate of drug-likeness (QED) is 0.846. The molecule has 1 N–H and O–H groups in total. The van der Waals surface area contributed by atoms with Crippen LogP contribution in [0.4, 0.5) is 5.95 Å². The number of fused-ring (bicyclic) bond motifs is 1. The zero-order valence-electron chi connectivity index (χ0n) is 12.5. The molecule has 0 saturated heterocycles. The third kappa shape index (κ3) is 2.93. The summed E-state index contributed by atoms with van der Waals surface area (Å²) in [6, 6.07) is 3.64. The molecule has 0 spiro atoms. The zero-order valence-corrected chi connectivity index (χ0v) is 13.4. The van der Waals surface area contributed by atoms with Gasteiger partial charge in [0, 0.05) is 31.7 Å². The van der Waals surface area contributed by atoms with Crippen molar-refractivity contribution >= 4 is 16.0 Å². The van der Waals surface area contributed by atoms with Gasteiger partial charge in [-0.3, -0.25) is 4.68 Å². The largest absolute Gasteiger partial charge is 0.333 e. The first-order valence-corrected chi connectivity index (χ1v) is 9.21. The molecule has 1 atom stereocenters. The first kappa shape index (κ1) is 14.6. The Morgan fingerprint density at radius 1 is 1.22 bits per heavy atom. The van der Waals surface area contributed by atoms with Gasteiger partial charge in [-0.05, 0) is 25.0 Å². The van der Waals surface area contributed by atoms with Gasteiger partial charge in [0.1, 0.15) is 0 Å². The van der Waals surface area contributed by atoms with Crippen molar-refractivity contribution in [1.82, 2.24) is 24.5 Å². The van der Waals surface area contributed by atoms with E-state index >= 15 is 0 Å². The summed E-state index contributed by atoms with van der Waals surface area (Å²) in [7, 11) is -3.20. The fourth-order valence-electron chi connectivity index (χ4n) is 2.85. The summed E-state index contributed by atoms with van der Waals surface area (Å²) < 4.78 is 28.8. The lowest BCUT2D eigenvalue weighted by Crippen LogP contribution is -2.44. The minimum Gasteiger partial charge on any atom is -0.333 e. The normalized spacial score (nSPS) is 21.2. The summed E-state index contributed by atoms with van der Waals surface area (Å²) in [4.78, 5) is 10.6. The van der Waals surface area contributed by atoms with Crippen molar-refractivity contribution in [1.29, 1.82) is 0 Å². The van der Waals surface area contributed by atoms with E-state index in [2.05, 4.69) is 19.8 Å². The molecule has 1 saturated carbocycles. The third-order valence-corrected chi connectivity index (χ3v) is 6.12. The van der Waals surface area contributed by atoms with Gasteiger partial charge in [0.15, 0.2) is 0 Å². The molecule has 0 unspecified atom stereocenters. The maximum absolute atomic E-state index is 12.1. The van der Waals surface area contributed by atoms with E-state index in [1.165, 1.54) is 0 Å². The summed E-state index contributed by atoms with van der Waals surface area (Å²) in [6.07, 6.45) is 6.68. The third-order valence-electron chi connectivity index (χ3n) is 4.20. The average molecular weight is 334 g/mol. The van der Waals surface area contributed by atoms with Crippen molar-refractivity contribution in [2.45, 2.75) is 30.7 Å². The lowest BCUT2D eigenvalue weighted by atomic mass is 10.2. The molecule has 0 bridgehead atoms. The lowest BCUT2D eigenvalue weighted by Gasteiger charge is -2.33. The van der Waals surface area contributed by atoms with E-state index in [1.54, 1.807) is 24.7 Å². The van der Waals surface area contributed by atoms with Crippen molar-refractivity contribution in [2.75, 3.05) is 18.0 Å². The Kier molecular flexibility index (Phi) is 3.53. The second-order valence-corrected chi connectivity index (χ2v) is 7.99. The van der Waals surface area contributed by atoms with Crippen molar-refractivity contribution in [3.05, 3.63) is 36.4 Å². The Balaban J connectivity index is 1.54. The van der Waals surface area contributed by atoms with Crippen molar-refractivity contribution < 1.29 is 8.42 Å². The lowest BCUT2D eigenvalue weighted by molar-refractivity contribution is 0.392. The highest BCUT2D eigenvalue weighted by molar-refractivity contribution is 7.90. The van der Waals surface area contributed by atoms with E-state index in [0.717, 1.165) is 18.5 Å². The molecule has 1 aliphatic carbocycles. The molecule has 122 valence electrons. The summed E-state index contributed by atoms with van der Waals surface area (Å²) in [5.41, 5.74) is 1.03. The van der Waals surface area contributed by atoms with Crippen LogP contribution in [0.3, 0.4) is 0 Å². The molecule has 2 aromatic heterocycles. The van der Waals surface area contributed by atoms with Gasteiger partial charge in [-0.25, -0.2) is 23.1 Å². The number of anilines is 1. The molecule has 23 heavy (non-hydrogen) atoms. The van der Waals surface area contributed by atoms with Gasteiger partial charge in [-0.2, -0.15) is 5.10 Å². The molecule has 0 radical (unpaired) electrons. The molecule has 0 aromatic carbocycles. The van der Waals surface area contributed by atoms with Gasteiger partial charge in [0.2, 0.25) is 16.0 Å². The highest BCUT2D eigenvalue weighted by Gasteiger charge is 2.36. The number of aromatic nitrogens is 4. The average Bonchev–Trinajstić information content (AvgIpc) is 3.33. The van der Waals surface area contributed by atoms with Crippen LogP contribution >= 0.6 is 0 Å². The standard InChI is InChI=1S/C14H18N6O2S/c21-23(22,13-2-3-13)18-8-12-10-19(14-15-5-1-6-16-14)9-11-4-7-17-20(11)12/h1,4-7,12-13,18H,2-3,8-10H2/t12-/m1/s1. The smallest absolute Gasteiger partial charge is 0.225 e. The molecule has 3 heterocycles. The minimum atomic E-state index is -3.20. The molecule has 2 aromatic rings. The predicted molar refractivity (Wildman–Crippen MR) is 84.3 cm³/mol. The Morgan fingerprint density at radius 3 is 2.74 bits per heavy atom. The fourth-order valence-corrected chi connectivity index (χ4v) is 4.27. The topological polar surface area (TPSA) is 93.0 Å². The summed E-state index contributed by atoms with van der Waals surface area (Å²) >= 11 is 0. The van der Waals surface area contributed by atoms with E-state index in [0.29, 0.717) is 25.6 Å². The molecule has 4 rings (SSSR count). The zero-order chi connectivity index (χ0) is 15.9. The van der Waals surface area contributed by atoms with Crippen LogP contribution < -0.4 is 9.62 Å². The Bertz CT molecular complexity index is 787. The SMILES string of the molecule is O=S(=O)(NC[C@@H]1CN(c2ncccn2)Cc2ccnn21)C1CC1. The van der Waals surface area contributed by atoms with Crippen molar-refractivity contribution in [3.63, 3.8) is 0 Å². The Labute approximate surface area is 134 Å². The van der Waals surface area contributed by atoms with Gasteiger partial charge in [-0.1, -0.05) is 0 Å². The number of sulfonamides is 1. The maximum Gasteiger partial charge on any atom is 0.225 e. The predicted octanol–water partition coefficient (Wildman–Crippen LogP) is 0.316. The number of rotatable bonds is 5. The molecule has 8 nitrogen and oxygen atoms in total. The monoisotopic (exact) mass is 334 g/mol. The molecule has 2 aliphatic rings. The van der Waals surface area contributed by atoms with Crippen LogP contribution in [0.2, 0.25) is 0 Å². The van der Waals surface area contributed by atoms with Crippen LogP contribution in [-0.4, -0.2) is 46.5 Å². The van der Waals surface area contributed by atoms with E-state index in [4.69, 9.17) is 0 Å². The van der Waals surface area contributed by atoms with Crippen LogP contribution in [0.15, 0.2) is 30.7 Å². The first-order valence-electron chi connectivity index (χ1n) is 7.66. The van der Waals surface area contributed by atoms with E-state index < -0.39 is 10.0 Å².